The normalized spacial score (nSPS) is 11.7. The molecule has 20 heavy (non-hydrogen) atoms. The lowest BCUT2D eigenvalue weighted by Crippen LogP contribution is -2.24. The predicted molar refractivity (Wildman–Crippen MR) is 75.8 cm³/mol. The Balaban J connectivity index is 2.06. The van der Waals surface area contributed by atoms with Crippen molar-refractivity contribution in [2.75, 3.05) is 18.5 Å². The summed E-state index contributed by atoms with van der Waals surface area (Å²) in [5.41, 5.74) is 1.99. The Labute approximate surface area is 117 Å². The van der Waals surface area contributed by atoms with Crippen LogP contribution in [-0.2, 0) is 0 Å². The number of halogens is 1. The Morgan fingerprint density at radius 3 is 2.55 bits per heavy atom. The van der Waals surface area contributed by atoms with Gasteiger partial charge in [0.05, 0.1) is 17.7 Å². The molecular weight excluding hydrogens is 255 g/mol. The highest BCUT2D eigenvalue weighted by Gasteiger charge is 2.11. The van der Waals surface area contributed by atoms with Crippen molar-refractivity contribution in [1.82, 2.24) is 0 Å². The summed E-state index contributed by atoms with van der Waals surface area (Å²) < 4.78 is 13.2. The summed E-state index contributed by atoms with van der Waals surface area (Å²) in [4.78, 5) is 1.78. The van der Waals surface area contributed by atoms with Gasteiger partial charge in [0.2, 0.25) is 0 Å². The van der Waals surface area contributed by atoms with Gasteiger partial charge in [-0.3, -0.25) is 0 Å². The zero-order valence-corrected chi connectivity index (χ0v) is 11.1. The SMILES string of the molecule is CN(CC(O)c1ccc(C#N)cc1)c1cccc(F)c1. The van der Waals surface area contributed by atoms with E-state index in [0.29, 0.717) is 17.8 Å². The first-order chi connectivity index (χ1) is 9.60. The monoisotopic (exact) mass is 270 g/mol. The average molecular weight is 270 g/mol. The van der Waals surface area contributed by atoms with E-state index in [1.807, 2.05) is 6.07 Å². The number of benzene rings is 2. The molecule has 0 amide bonds. The second kappa shape index (κ2) is 6.18. The largest absolute Gasteiger partial charge is 0.387 e. The Morgan fingerprint density at radius 1 is 1.25 bits per heavy atom. The standard InChI is InChI=1S/C16H15FN2O/c1-19(15-4-2-3-14(17)9-15)11-16(20)13-7-5-12(10-18)6-8-13/h2-9,16,20H,11H2,1H3. The molecule has 0 fully saturated rings. The Kier molecular flexibility index (Phi) is 4.34. The van der Waals surface area contributed by atoms with Crippen molar-refractivity contribution in [2.24, 2.45) is 0 Å². The molecular formula is C16H15FN2O. The number of likely N-dealkylation sites (N-methyl/N-ethyl adjacent to an activating group) is 1. The van der Waals surface area contributed by atoms with E-state index < -0.39 is 6.10 Å². The molecule has 0 saturated heterocycles. The van der Waals surface area contributed by atoms with Gasteiger partial charge in [-0.2, -0.15) is 5.26 Å². The van der Waals surface area contributed by atoms with Crippen LogP contribution in [0, 0.1) is 17.1 Å². The molecule has 0 radical (unpaired) electrons. The number of nitriles is 1. The van der Waals surface area contributed by atoms with Crippen molar-refractivity contribution >= 4 is 5.69 Å². The maximum atomic E-state index is 13.2. The van der Waals surface area contributed by atoms with E-state index in [0.717, 1.165) is 5.56 Å². The van der Waals surface area contributed by atoms with Crippen LogP contribution in [0.4, 0.5) is 10.1 Å². The van der Waals surface area contributed by atoms with Gasteiger partial charge in [-0.1, -0.05) is 18.2 Å². The molecule has 2 aromatic carbocycles. The van der Waals surface area contributed by atoms with E-state index >= 15 is 0 Å². The van der Waals surface area contributed by atoms with Crippen LogP contribution in [0.25, 0.3) is 0 Å². The highest BCUT2D eigenvalue weighted by Crippen LogP contribution is 2.19. The highest BCUT2D eigenvalue weighted by molar-refractivity contribution is 5.46. The van der Waals surface area contributed by atoms with Crippen molar-refractivity contribution in [3.8, 4) is 6.07 Å². The minimum atomic E-state index is -0.698. The number of nitrogens with zero attached hydrogens (tertiary/aromatic N) is 2. The summed E-state index contributed by atoms with van der Waals surface area (Å²) in [6.45, 7) is 0.343. The van der Waals surface area contributed by atoms with Crippen LogP contribution in [0.15, 0.2) is 48.5 Å². The Morgan fingerprint density at radius 2 is 1.95 bits per heavy atom. The lowest BCUT2D eigenvalue weighted by Gasteiger charge is -2.23. The van der Waals surface area contributed by atoms with Crippen LogP contribution in [-0.4, -0.2) is 18.7 Å². The molecule has 4 heteroatoms. The van der Waals surface area contributed by atoms with Crippen LogP contribution in [0.5, 0.6) is 0 Å². The summed E-state index contributed by atoms with van der Waals surface area (Å²) in [5.74, 6) is -0.304. The molecule has 2 rings (SSSR count). The number of anilines is 1. The zero-order chi connectivity index (χ0) is 14.5. The van der Waals surface area contributed by atoms with Crippen molar-refractivity contribution in [1.29, 1.82) is 5.26 Å². The molecule has 0 spiro atoms. The zero-order valence-electron chi connectivity index (χ0n) is 11.1. The first-order valence-electron chi connectivity index (χ1n) is 6.25. The molecule has 0 saturated carbocycles. The van der Waals surface area contributed by atoms with E-state index in [9.17, 15) is 9.50 Å². The summed E-state index contributed by atoms with van der Waals surface area (Å²) >= 11 is 0. The van der Waals surface area contributed by atoms with Crippen molar-refractivity contribution in [3.05, 3.63) is 65.5 Å². The second-order valence-corrected chi connectivity index (χ2v) is 4.61. The molecule has 102 valence electrons. The fourth-order valence-corrected chi connectivity index (χ4v) is 1.96. The van der Waals surface area contributed by atoms with Gasteiger partial charge in [0, 0.05) is 19.3 Å². The van der Waals surface area contributed by atoms with Gasteiger partial charge >= 0.3 is 0 Å². The molecule has 0 heterocycles. The fourth-order valence-electron chi connectivity index (χ4n) is 1.96. The van der Waals surface area contributed by atoms with Gasteiger partial charge in [0.15, 0.2) is 0 Å². The van der Waals surface area contributed by atoms with E-state index in [4.69, 9.17) is 5.26 Å². The van der Waals surface area contributed by atoms with Crippen LogP contribution >= 0.6 is 0 Å². The van der Waals surface area contributed by atoms with Crippen LogP contribution in [0.1, 0.15) is 17.2 Å². The minimum Gasteiger partial charge on any atom is -0.387 e. The van der Waals surface area contributed by atoms with Crippen LogP contribution in [0.2, 0.25) is 0 Å². The number of rotatable bonds is 4. The third kappa shape index (κ3) is 3.34. The summed E-state index contributed by atoms with van der Waals surface area (Å²) in [5, 5.41) is 18.9. The third-order valence-corrected chi connectivity index (χ3v) is 3.12. The van der Waals surface area contributed by atoms with E-state index in [1.165, 1.54) is 12.1 Å². The number of hydrogen-bond acceptors (Lipinski definition) is 3. The topological polar surface area (TPSA) is 47.3 Å². The van der Waals surface area contributed by atoms with Gasteiger partial charge in [-0.15, -0.1) is 0 Å². The summed E-state index contributed by atoms with van der Waals surface area (Å²) in [6.07, 6.45) is -0.698. The minimum absolute atomic E-state index is 0.304. The van der Waals surface area contributed by atoms with Gasteiger partial charge in [0.1, 0.15) is 5.82 Å². The lowest BCUT2D eigenvalue weighted by molar-refractivity contribution is 0.185. The molecule has 0 aromatic heterocycles. The maximum Gasteiger partial charge on any atom is 0.125 e. The highest BCUT2D eigenvalue weighted by atomic mass is 19.1. The van der Waals surface area contributed by atoms with Crippen molar-refractivity contribution in [2.45, 2.75) is 6.10 Å². The summed E-state index contributed by atoms with van der Waals surface area (Å²) in [7, 11) is 1.79. The fraction of sp³-hybridized carbons (Fsp3) is 0.188. The maximum absolute atomic E-state index is 13.2. The van der Waals surface area contributed by atoms with Gasteiger partial charge < -0.3 is 10.0 Å². The third-order valence-electron chi connectivity index (χ3n) is 3.12. The van der Waals surface area contributed by atoms with Gasteiger partial charge in [0.25, 0.3) is 0 Å². The van der Waals surface area contributed by atoms with Gasteiger partial charge in [-0.05, 0) is 35.9 Å². The molecule has 2 aromatic rings. The lowest BCUT2D eigenvalue weighted by atomic mass is 10.1. The van der Waals surface area contributed by atoms with Gasteiger partial charge in [-0.25, -0.2) is 4.39 Å². The summed E-state index contributed by atoms with van der Waals surface area (Å²) in [6, 6.07) is 15.0. The van der Waals surface area contributed by atoms with Crippen LogP contribution < -0.4 is 4.90 Å². The molecule has 1 unspecified atom stereocenters. The quantitative estimate of drug-likeness (QED) is 0.929. The molecule has 0 bridgehead atoms. The molecule has 3 nitrogen and oxygen atoms in total. The smallest absolute Gasteiger partial charge is 0.125 e. The molecule has 1 atom stereocenters. The average Bonchev–Trinajstić information content (AvgIpc) is 2.47. The van der Waals surface area contributed by atoms with E-state index in [2.05, 4.69) is 0 Å². The molecule has 0 aliphatic carbocycles. The van der Waals surface area contributed by atoms with E-state index in [1.54, 1.807) is 48.3 Å². The van der Waals surface area contributed by atoms with Crippen molar-refractivity contribution in [3.63, 3.8) is 0 Å². The first kappa shape index (κ1) is 14.0. The molecule has 0 aliphatic heterocycles. The van der Waals surface area contributed by atoms with E-state index in [-0.39, 0.29) is 5.82 Å². The van der Waals surface area contributed by atoms with Crippen LogP contribution in [0.3, 0.4) is 0 Å². The van der Waals surface area contributed by atoms with Crippen molar-refractivity contribution < 1.29 is 9.50 Å². The predicted octanol–water partition coefficient (Wildman–Crippen LogP) is 2.87. The number of aliphatic hydroxyl groups excluding tert-OH is 1. The Hall–Kier alpha value is -2.38. The second-order valence-electron chi connectivity index (χ2n) is 4.61. The molecule has 0 aliphatic rings. The Bertz CT molecular complexity index is 619. The number of hydrogen-bond donors (Lipinski definition) is 1. The molecule has 1 N–H and O–H groups in total. The first-order valence-corrected chi connectivity index (χ1v) is 6.25. The number of aliphatic hydroxyl groups is 1.